The van der Waals surface area contributed by atoms with Gasteiger partial charge in [0.1, 0.15) is 5.75 Å². The van der Waals surface area contributed by atoms with Crippen LogP contribution in [0.15, 0.2) is 36.4 Å². The van der Waals surface area contributed by atoms with E-state index in [0.717, 1.165) is 29.0 Å². The Morgan fingerprint density at radius 3 is 2.15 bits per heavy atom. The van der Waals surface area contributed by atoms with Crippen molar-refractivity contribution in [3.05, 3.63) is 53.1 Å². The number of rotatable bonds is 10. The van der Waals surface area contributed by atoms with Gasteiger partial charge < -0.3 is 19.5 Å². The van der Waals surface area contributed by atoms with Crippen LogP contribution in [0.25, 0.3) is 0 Å². The van der Waals surface area contributed by atoms with Crippen molar-refractivity contribution in [2.75, 3.05) is 20.3 Å². The summed E-state index contributed by atoms with van der Waals surface area (Å²) in [4.78, 5) is 12.5. The first-order chi connectivity index (χ1) is 15.8. The van der Waals surface area contributed by atoms with E-state index in [2.05, 4.69) is 72.8 Å². The maximum absolute atomic E-state index is 12.5. The number of methoxy groups -OCH3 is 1. The Kier molecular flexibility index (Phi) is 9.43. The molecule has 0 unspecified atom stereocenters. The predicted molar refractivity (Wildman–Crippen MR) is 139 cm³/mol. The molecule has 1 amide bonds. The highest BCUT2D eigenvalue weighted by molar-refractivity contribution is 5.77. The van der Waals surface area contributed by atoms with Crippen molar-refractivity contribution >= 4 is 5.91 Å². The van der Waals surface area contributed by atoms with Gasteiger partial charge in [0.05, 0.1) is 13.7 Å². The molecule has 0 heterocycles. The zero-order valence-electron chi connectivity index (χ0n) is 22.5. The van der Waals surface area contributed by atoms with Crippen molar-refractivity contribution in [2.24, 2.45) is 5.92 Å². The van der Waals surface area contributed by atoms with E-state index in [1.54, 1.807) is 7.11 Å². The van der Waals surface area contributed by atoms with E-state index in [-0.39, 0.29) is 23.3 Å². The number of amides is 1. The SMILES string of the molecule is COc1cc(CNC(=O)COc2ccc(C(C)(C)C)cc2C(C)(C)C)ccc1OCCC(C)C. The molecule has 5 nitrogen and oxygen atoms in total. The Morgan fingerprint density at radius 1 is 0.882 bits per heavy atom. The second-order valence-electron chi connectivity index (χ2n) is 11.3. The van der Waals surface area contributed by atoms with Gasteiger partial charge in [-0.05, 0) is 58.1 Å². The standard InChI is InChI=1S/C29H43NO4/c1-20(2)14-15-33-25-12-10-21(16-26(25)32-9)18-30-27(31)19-34-24-13-11-22(28(3,4)5)17-23(24)29(6,7)8/h10-13,16-17,20H,14-15,18-19H2,1-9H3,(H,30,31). The van der Waals surface area contributed by atoms with Gasteiger partial charge in [0.25, 0.3) is 5.91 Å². The summed E-state index contributed by atoms with van der Waals surface area (Å²) in [6.07, 6.45) is 0.983. The molecule has 0 saturated carbocycles. The van der Waals surface area contributed by atoms with Crippen LogP contribution in [0.4, 0.5) is 0 Å². The topological polar surface area (TPSA) is 56.8 Å². The quantitative estimate of drug-likeness (QED) is 0.437. The van der Waals surface area contributed by atoms with Gasteiger partial charge in [0.2, 0.25) is 0 Å². The molecular formula is C29H43NO4. The molecule has 0 radical (unpaired) electrons. The third-order valence-electron chi connectivity index (χ3n) is 5.68. The minimum atomic E-state index is -0.170. The van der Waals surface area contributed by atoms with Gasteiger partial charge in [-0.1, -0.05) is 73.6 Å². The molecule has 2 rings (SSSR count). The highest BCUT2D eigenvalue weighted by atomic mass is 16.5. The van der Waals surface area contributed by atoms with E-state index in [1.807, 2.05) is 24.3 Å². The summed E-state index contributed by atoms with van der Waals surface area (Å²) in [5, 5.41) is 2.93. The third kappa shape index (κ3) is 8.27. The van der Waals surface area contributed by atoms with Crippen LogP contribution in [0.1, 0.15) is 78.5 Å². The Labute approximate surface area is 206 Å². The highest BCUT2D eigenvalue weighted by Gasteiger charge is 2.23. The summed E-state index contributed by atoms with van der Waals surface area (Å²) >= 11 is 0. The average molecular weight is 470 g/mol. The fourth-order valence-electron chi connectivity index (χ4n) is 3.45. The van der Waals surface area contributed by atoms with Gasteiger partial charge in [-0.2, -0.15) is 0 Å². The average Bonchev–Trinajstić information content (AvgIpc) is 2.75. The summed E-state index contributed by atoms with van der Waals surface area (Å²) in [5.74, 6) is 2.55. The molecule has 0 atom stereocenters. The van der Waals surface area contributed by atoms with Crippen LogP contribution in [0, 0.1) is 5.92 Å². The fourth-order valence-corrected chi connectivity index (χ4v) is 3.45. The Bertz CT molecular complexity index is 952. The van der Waals surface area contributed by atoms with Crippen LogP contribution < -0.4 is 19.5 Å². The predicted octanol–water partition coefficient (Wildman–Crippen LogP) is 6.41. The number of carbonyl (C=O) groups excluding carboxylic acids is 1. The molecule has 0 bridgehead atoms. The second-order valence-corrected chi connectivity index (χ2v) is 11.3. The highest BCUT2D eigenvalue weighted by Crippen LogP contribution is 2.35. The lowest BCUT2D eigenvalue weighted by molar-refractivity contribution is -0.123. The summed E-state index contributed by atoms with van der Waals surface area (Å²) in [7, 11) is 1.62. The monoisotopic (exact) mass is 469 g/mol. The molecule has 188 valence electrons. The van der Waals surface area contributed by atoms with Gasteiger partial charge >= 0.3 is 0 Å². The minimum Gasteiger partial charge on any atom is -0.493 e. The Hall–Kier alpha value is -2.69. The number of nitrogens with one attached hydrogen (secondary N) is 1. The number of hydrogen-bond donors (Lipinski definition) is 1. The number of carbonyl (C=O) groups is 1. The Morgan fingerprint density at radius 2 is 1.56 bits per heavy atom. The van der Waals surface area contributed by atoms with Crippen LogP contribution in [-0.4, -0.2) is 26.2 Å². The second kappa shape index (κ2) is 11.6. The summed E-state index contributed by atoms with van der Waals surface area (Å²) < 4.78 is 17.3. The van der Waals surface area contributed by atoms with Crippen molar-refractivity contribution < 1.29 is 19.0 Å². The molecule has 0 saturated heterocycles. The zero-order valence-corrected chi connectivity index (χ0v) is 22.5. The number of hydrogen-bond acceptors (Lipinski definition) is 4. The van der Waals surface area contributed by atoms with Crippen molar-refractivity contribution in [1.82, 2.24) is 5.32 Å². The molecule has 0 spiro atoms. The molecular weight excluding hydrogens is 426 g/mol. The summed E-state index contributed by atoms with van der Waals surface area (Å²) in [6.45, 7) is 18.4. The van der Waals surface area contributed by atoms with Crippen LogP contribution in [0.3, 0.4) is 0 Å². The Balaban J connectivity index is 1.98. The zero-order chi connectivity index (χ0) is 25.5. The smallest absolute Gasteiger partial charge is 0.258 e. The van der Waals surface area contributed by atoms with Gasteiger partial charge in [-0.3, -0.25) is 4.79 Å². The normalized spacial score (nSPS) is 11.9. The van der Waals surface area contributed by atoms with Crippen molar-refractivity contribution in [2.45, 2.75) is 79.2 Å². The van der Waals surface area contributed by atoms with E-state index in [9.17, 15) is 4.79 Å². The molecule has 0 aliphatic heterocycles. The van der Waals surface area contributed by atoms with Crippen molar-refractivity contribution in [3.63, 3.8) is 0 Å². The van der Waals surface area contributed by atoms with Gasteiger partial charge in [0, 0.05) is 6.54 Å². The molecule has 34 heavy (non-hydrogen) atoms. The molecule has 0 aliphatic rings. The van der Waals surface area contributed by atoms with E-state index >= 15 is 0 Å². The molecule has 0 fully saturated rings. The number of ether oxygens (including phenoxy) is 3. The first-order valence-electron chi connectivity index (χ1n) is 12.2. The van der Waals surface area contributed by atoms with Crippen LogP contribution in [0.2, 0.25) is 0 Å². The lowest BCUT2D eigenvalue weighted by Gasteiger charge is -2.27. The van der Waals surface area contributed by atoms with Crippen LogP contribution in [-0.2, 0) is 22.2 Å². The van der Waals surface area contributed by atoms with Gasteiger partial charge in [0.15, 0.2) is 18.1 Å². The number of benzene rings is 2. The molecule has 0 aliphatic carbocycles. The van der Waals surface area contributed by atoms with Gasteiger partial charge in [-0.25, -0.2) is 0 Å². The van der Waals surface area contributed by atoms with Crippen LogP contribution in [0.5, 0.6) is 17.2 Å². The van der Waals surface area contributed by atoms with E-state index in [1.165, 1.54) is 5.56 Å². The van der Waals surface area contributed by atoms with E-state index in [0.29, 0.717) is 24.8 Å². The van der Waals surface area contributed by atoms with E-state index < -0.39 is 0 Å². The minimum absolute atomic E-state index is 0.0362. The van der Waals surface area contributed by atoms with E-state index in [4.69, 9.17) is 14.2 Å². The first-order valence-corrected chi connectivity index (χ1v) is 12.2. The summed E-state index contributed by atoms with van der Waals surface area (Å²) in [5.41, 5.74) is 3.24. The lowest BCUT2D eigenvalue weighted by atomic mass is 9.80. The molecule has 2 aromatic carbocycles. The molecule has 2 aromatic rings. The largest absolute Gasteiger partial charge is 0.493 e. The lowest BCUT2D eigenvalue weighted by Crippen LogP contribution is -2.29. The third-order valence-corrected chi connectivity index (χ3v) is 5.68. The van der Waals surface area contributed by atoms with Crippen molar-refractivity contribution in [1.29, 1.82) is 0 Å². The molecule has 1 N–H and O–H groups in total. The molecule has 5 heteroatoms. The van der Waals surface area contributed by atoms with Crippen LogP contribution >= 0.6 is 0 Å². The first kappa shape index (κ1) is 27.6. The van der Waals surface area contributed by atoms with Gasteiger partial charge in [-0.15, -0.1) is 0 Å². The fraction of sp³-hybridized carbons (Fsp3) is 0.552. The maximum atomic E-state index is 12.5. The maximum Gasteiger partial charge on any atom is 0.258 e. The molecule has 0 aromatic heterocycles. The van der Waals surface area contributed by atoms with Crippen molar-refractivity contribution in [3.8, 4) is 17.2 Å². The summed E-state index contributed by atoms with van der Waals surface area (Å²) in [6, 6.07) is 12.0.